The van der Waals surface area contributed by atoms with E-state index in [9.17, 15) is 18.9 Å². The molecule has 19 heavy (non-hydrogen) atoms. The average Bonchev–Trinajstić information content (AvgIpc) is 2.24. The fourth-order valence-corrected chi connectivity index (χ4v) is 2.22. The van der Waals surface area contributed by atoms with Gasteiger partial charge in [0.2, 0.25) is 11.6 Å². The van der Waals surface area contributed by atoms with E-state index in [-0.39, 0.29) is 11.9 Å². The topological polar surface area (TPSA) is 64.4 Å². The number of rotatable bonds is 5. The van der Waals surface area contributed by atoms with Gasteiger partial charge in [-0.05, 0) is 32.4 Å². The van der Waals surface area contributed by atoms with Crippen LogP contribution in [-0.2, 0) is 0 Å². The number of nitrogens with zero attached hydrogens (tertiary/aromatic N) is 1. The molecule has 0 heterocycles. The van der Waals surface area contributed by atoms with E-state index in [0.29, 0.717) is 12.0 Å². The van der Waals surface area contributed by atoms with Crippen molar-refractivity contribution >= 4 is 5.69 Å². The molecule has 7 heteroatoms. The van der Waals surface area contributed by atoms with E-state index in [1.54, 1.807) is 0 Å². The SMILES string of the molecule is CNCC1CC(Oc2cc(F)cc(F)c2[N+](=O)[O-])C1. The van der Waals surface area contributed by atoms with Crippen LogP contribution < -0.4 is 10.1 Å². The summed E-state index contributed by atoms with van der Waals surface area (Å²) >= 11 is 0. The quantitative estimate of drug-likeness (QED) is 0.659. The van der Waals surface area contributed by atoms with Crippen molar-refractivity contribution in [2.75, 3.05) is 13.6 Å². The Morgan fingerprint density at radius 3 is 2.74 bits per heavy atom. The zero-order valence-corrected chi connectivity index (χ0v) is 10.4. The third kappa shape index (κ3) is 2.98. The van der Waals surface area contributed by atoms with Crippen molar-refractivity contribution in [1.82, 2.24) is 5.32 Å². The van der Waals surface area contributed by atoms with Crippen LogP contribution in [0.1, 0.15) is 12.8 Å². The summed E-state index contributed by atoms with van der Waals surface area (Å²) in [6.07, 6.45) is 1.21. The Kier molecular flexibility index (Phi) is 3.94. The Hall–Kier alpha value is -1.76. The zero-order chi connectivity index (χ0) is 14.0. The van der Waals surface area contributed by atoms with Crippen LogP contribution in [0.4, 0.5) is 14.5 Å². The minimum absolute atomic E-state index is 0.224. The molecule has 104 valence electrons. The molecule has 1 aromatic carbocycles. The van der Waals surface area contributed by atoms with Gasteiger partial charge in [0, 0.05) is 12.1 Å². The van der Waals surface area contributed by atoms with Crippen molar-refractivity contribution in [3.05, 3.63) is 33.9 Å². The van der Waals surface area contributed by atoms with Crippen molar-refractivity contribution in [1.29, 1.82) is 0 Å². The van der Waals surface area contributed by atoms with Gasteiger partial charge in [0.15, 0.2) is 0 Å². The van der Waals surface area contributed by atoms with Crippen LogP contribution in [0.3, 0.4) is 0 Å². The van der Waals surface area contributed by atoms with Crippen LogP contribution in [0.15, 0.2) is 12.1 Å². The minimum atomic E-state index is -1.22. The first-order valence-electron chi connectivity index (χ1n) is 5.96. The van der Waals surface area contributed by atoms with Gasteiger partial charge in [0.25, 0.3) is 0 Å². The van der Waals surface area contributed by atoms with Gasteiger partial charge in [-0.2, -0.15) is 4.39 Å². The van der Waals surface area contributed by atoms with E-state index in [2.05, 4.69) is 5.32 Å². The highest BCUT2D eigenvalue weighted by atomic mass is 19.1. The molecular formula is C12H14F2N2O3. The largest absolute Gasteiger partial charge is 0.483 e. The number of nitro benzene ring substituents is 1. The van der Waals surface area contributed by atoms with Crippen molar-refractivity contribution in [2.45, 2.75) is 18.9 Å². The summed E-state index contributed by atoms with van der Waals surface area (Å²) in [4.78, 5) is 9.87. The molecule has 0 amide bonds. The Labute approximate surface area is 108 Å². The Morgan fingerprint density at radius 2 is 2.16 bits per heavy atom. The highest BCUT2D eigenvalue weighted by Gasteiger charge is 2.33. The van der Waals surface area contributed by atoms with Crippen LogP contribution in [0.2, 0.25) is 0 Å². The van der Waals surface area contributed by atoms with Crippen LogP contribution in [0.5, 0.6) is 5.75 Å². The first kappa shape index (κ1) is 13.7. The highest BCUT2D eigenvalue weighted by Crippen LogP contribution is 2.36. The summed E-state index contributed by atoms with van der Waals surface area (Å²) in [5.41, 5.74) is -0.807. The minimum Gasteiger partial charge on any atom is -0.483 e. The lowest BCUT2D eigenvalue weighted by Crippen LogP contribution is -2.38. The Bertz CT molecular complexity index is 490. The van der Waals surface area contributed by atoms with Gasteiger partial charge in [0.1, 0.15) is 5.82 Å². The number of hydrogen-bond acceptors (Lipinski definition) is 4. The second-order valence-electron chi connectivity index (χ2n) is 4.63. The first-order chi connectivity index (χ1) is 9.01. The van der Waals surface area contributed by atoms with Crippen LogP contribution in [0, 0.1) is 27.7 Å². The summed E-state index contributed by atoms with van der Waals surface area (Å²) < 4.78 is 31.8. The number of nitro groups is 1. The molecule has 0 spiro atoms. The second-order valence-corrected chi connectivity index (χ2v) is 4.63. The van der Waals surface area contributed by atoms with Crippen molar-refractivity contribution in [2.24, 2.45) is 5.92 Å². The molecule has 5 nitrogen and oxygen atoms in total. The summed E-state index contributed by atoms with van der Waals surface area (Å²) in [7, 11) is 1.83. The van der Waals surface area contributed by atoms with Crippen LogP contribution in [-0.4, -0.2) is 24.6 Å². The molecular weight excluding hydrogens is 258 g/mol. The number of nitrogens with one attached hydrogen (secondary N) is 1. The summed E-state index contributed by atoms with van der Waals surface area (Å²) in [5, 5.41) is 13.8. The maximum Gasteiger partial charge on any atom is 0.346 e. The van der Waals surface area contributed by atoms with Gasteiger partial charge in [0.05, 0.1) is 11.0 Å². The lowest BCUT2D eigenvalue weighted by Gasteiger charge is -2.35. The number of hydrogen-bond donors (Lipinski definition) is 1. The van der Waals surface area contributed by atoms with E-state index >= 15 is 0 Å². The van der Waals surface area contributed by atoms with E-state index < -0.39 is 22.2 Å². The highest BCUT2D eigenvalue weighted by molar-refractivity contribution is 5.47. The normalized spacial score (nSPS) is 21.8. The molecule has 0 aromatic heterocycles. The maximum absolute atomic E-state index is 13.4. The van der Waals surface area contributed by atoms with Gasteiger partial charge < -0.3 is 10.1 Å². The fourth-order valence-electron chi connectivity index (χ4n) is 2.22. The van der Waals surface area contributed by atoms with E-state index in [4.69, 9.17) is 4.74 Å². The summed E-state index contributed by atoms with van der Waals surface area (Å²) in [6.45, 7) is 0.833. The molecule has 1 N–H and O–H groups in total. The predicted octanol–water partition coefficient (Wildman–Crippen LogP) is 2.25. The number of halogens is 2. The molecule has 0 aliphatic heterocycles. The lowest BCUT2D eigenvalue weighted by molar-refractivity contribution is -0.388. The molecule has 0 unspecified atom stereocenters. The Balaban J connectivity index is 2.10. The van der Waals surface area contributed by atoms with Crippen molar-refractivity contribution < 1.29 is 18.4 Å². The third-order valence-corrected chi connectivity index (χ3v) is 3.15. The number of benzene rings is 1. The smallest absolute Gasteiger partial charge is 0.346 e. The van der Waals surface area contributed by atoms with Gasteiger partial charge >= 0.3 is 5.69 Å². The zero-order valence-electron chi connectivity index (χ0n) is 10.4. The van der Waals surface area contributed by atoms with Crippen molar-refractivity contribution in [3.8, 4) is 5.75 Å². The lowest BCUT2D eigenvalue weighted by atomic mass is 9.82. The van der Waals surface area contributed by atoms with Crippen LogP contribution >= 0.6 is 0 Å². The summed E-state index contributed by atoms with van der Waals surface area (Å²) in [6, 6.07) is 1.34. The molecule has 0 radical (unpaired) electrons. The molecule has 0 saturated heterocycles. The van der Waals surface area contributed by atoms with Crippen LogP contribution in [0.25, 0.3) is 0 Å². The molecule has 0 bridgehead atoms. The monoisotopic (exact) mass is 272 g/mol. The van der Waals surface area contributed by atoms with E-state index in [1.807, 2.05) is 7.05 Å². The molecule has 2 rings (SSSR count). The fraction of sp³-hybridized carbons (Fsp3) is 0.500. The molecule has 1 aromatic rings. The van der Waals surface area contributed by atoms with Gasteiger partial charge in [-0.1, -0.05) is 0 Å². The molecule has 1 aliphatic carbocycles. The molecule has 0 atom stereocenters. The van der Waals surface area contributed by atoms with E-state index in [0.717, 1.165) is 25.5 Å². The average molecular weight is 272 g/mol. The Morgan fingerprint density at radius 1 is 1.47 bits per heavy atom. The maximum atomic E-state index is 13.4. The van der Waals surface area contributed by atoms with Crippen molar-refractivity contribution in [3.63, 3.8) is 0 Å². The van der Waals surface area contributed by atoms with Gasteiger partial charge in [-0.15, -0.1) is 0 Å². The number of ether oxygens (including phenoxy) is 1. The third-order valence-electron chi connectivity index (χ3n) is 3.15. The first-order valence-corrected chi connectivity index (χ1v) is 5.96. The predicted molar refractivity (Wildman–Crippen MR) is 64.1 cm³/mol. The second kappa shape index (κ2) is 5.48. The van der Waals surface area contributed by atoms with Gasteiger partial charge in [-0.25, -0.2) is 4.39 Å². The molecule has 1 fully saturated rings. The van der Waals surface area contributed by atoms with E-state index in [1.165, 1.54) is 0 Å². The van der Waals surface area contributed by atoms with Gasteiger partial charge in [-0.3, -0.25) is 10.1 Å². The molecule has 1 saturated carbocycles. The molecule has 1 aliphatic rings. The summed E-state index contributed by atoms with van der Waals surface area (Å²) in [5.74, 6) is -2.00. The standard InChI is InChI=1S/C12H14F2N2O3/c1-15-6-7-2-9(3-7)19-11-5-8(13)4-10(14)12(11)16(17)18/h4-5,7,9,15H,2-3,6H2,1H3.